The molecule has 3 rings (SSSR count). The second kappa shape index (κ2) is 10.8. The van der Waals surface area contributed by atoms with Gasteiger partial charge in [0.25, 0.3) is 11.6 Å². The van der Waals surface area contributed by atoms with Crippen LogP contribution >= 0.6 is 0 Å². The van der Waals surface area contributed by atoms with Crippen LogP contribution in [0.4, 0.5) is 17.1 Å². The number of carbonyl (C=O) groups is 1. The van der Waals surface area contributed by atoms with E-state index >= 15 is 0 Å². The van der Waals surface area contributed by atoms with E-state index in [9.17, 15) is 23.3 Å². The van der Waals surface area contributed by atoms with Gasteiger partial charge in [-0.15, -0.1) is 0 Å². The first-order valence-electron chi connectivity index (χ1n) is 11.3. The van der Waals surface area contributed by atoms with Crippen LogP contribution in [0.5, 0.6) is 5.75 Å². The summed E-state index contributed by atoms with van der Waals surface area (Å²) in [6, 6.07) is 8.49. The van der Waals surface area contributed by atoms with Gasteiger partial charge in [-0.1, -0.05) is 6.42 Å². The van der Waals surface area contributed by atoms with Crippen LogP contribution < -0.4 is 15.4 Å². The van der Waals surface area contributed by atoms with Crippen molar-refractivity contribution in [1.29, 1.82) is 0 Å². The van der Waals surface area contributed by atoms with Gasteiger partial charge in [0.2, 0.25) is 10.0 Å². The second-order valence-electron chi connectivity index (χ2n) is 8.26. The van der Waals surface area contributed by atoms with E-state index in [1.165, 1.54) is 40.7 Å². The standard InChI is InChI=1S/C23H30N4O6S/c1-4-24-19-10-8-17(14-21(19)27(29)30)23(28)25-20-15-18(9-11-22(20)33-16(2)3)34(31,32)26-12-6-5-7-13-26/h8-11,14-16,24H,4-7,12-13H2,1-3H3,(H,25,28). The normalized spacial score (nSPS) is 14.6. The molecule has 1 aliphatic rings. The Bertz CT molecular complexity index is 1160. The molecule has 0 bridgehead atoms. The first kappa shape index (κ1) is 25.4. The molecule has 0 radical (unpaired) electrons. The summed E-state index contributed by atoms with van der Waals surface area (Å²) < 4.78 is 33.5. The predicted molar refractivity (Wildman–Crippen MR) is 130 cm³/mol. The number of anilines is 2. The van der Waals surface area contributed by atoms with Gasteiger partial charge in [-0.2, -0.15) is 4.31 Å². The molecule has 0 aromatic heterocycles. The number of carbonyl (C=O) groups excluding carboxylic acids is 1. The number of ether oxygens (including phenoxy) is 1. The summed E-state index contributed by atoms with van der Waals surface area (Å²) >= 11 is 0. The summed E-state index contributed by atoms with van der Waals surface area (Å²) in [4.78, 5) is 23.9. The zero-order valence-corrected chi connectivity index (χ0v) is 20.4. The molecule has 1 aliphatic heterocycles. The zero-order valence-electron chi connectivity index (χ0n) is 19.5. The van der Waals surface area contributed by atoms with Gasteiger partial charge in [-0.25, -0.2) is 8.42 Å². The highest BCUT2D eigenvalue weighted by Gasteiger charge is 2.27. The van der Waals surface area contributed by atoms with Crippen molar-refractivity contribution in [3.63, 3.8) is 0 Å². The van der Waals surface area contributed by atoms with Crippen LogP contribution in [0.15, 0.2) is 41.3 Å². The summed E-state index contributed by atoms with van der Waals surface area (Å²) in [7, 11) is -3.73. The molecule has 0 spiro atoms. The van der Waals surface area contributed by atoms with E-state index in [1.54, 1.807) is 0 Å². The highest BCUT2D eigenvalue weighted by Crippen LogP contribution is 2.32. The van der Waals surface area contributed by atoms with E-state index in [0.717, 1.165) is 19.3 Å². The maximum atomic E-state index is 13.1. The van der Waals surface area contributed by atoms with Gasteiger partial charge < -0.3 is 15.4 Å². The smallest absolute Gasteiger partial charge is 0.293 e. The number of nitro groups is 1. The summed E-state index contributed by atoms with van der Waals surface area (Å²) in [5.74, 6) is -0.313. The van der Waals surface area contributed by atoms with Gasteiger partial charge >= 0.3 is 0 Å². The number of nitro benzene ring substituents is 1. The minimum absolute atomic E-state index is 0.0503. The molecule has 1 fully saturated rings. The zero-order chi connectivity index (χ0) is 24.9. The molecule has 10 nitrogen and oxygen atoms in total. The molecule has 0 saturated carbocycles. The fourth-order valence-corrected chi connectivity index (χ4v) is 5.28. The fraction of sp³-hybridized carbons (Fsp3) is 0.435. The third-order valence-corrected chi connectivity index (χ3v) is 7.23. The van der Waals surface area contributed by atoms with Gasteiger partial charge in [0.05, 0.1) is 21.6 Å². The van der Waals surface area contributed by atoms with Gasteiger partial charge in [-0.3, -0.25) is 14.9 Å². The van der Waals surface area contributed by atoms with Crippen LogP contribution in [0, 0.1) is 10.1 Å². The van der Waals surface area contributed by atoms with Crippen molar-refractivity contribution in [1.82, 2.24) is 4.31 Å². The average Bonchev–Trinajstić information content (AvgIpc) is 2.80. The van der Waals surface area contributed by atoms with Crippen molar-refractivity contribution in [2.24, 2.45) is 0 Å². The first-order valence-corrected chi connectivity index (χ1v) is 12.7. The molecular weight excluding hydrogens is 460 g/mol. The third-order valence-electron chi connectivity index (χ3n) is 5.34. The van der Waals surface area contributed by atoms with Crippen molar-refractivity contribution in [3.8, 4) is 5.75 Å². The molecule has 2 N–H and O–H groups in total. The Morgan fingerprint density at radius 1 is 1.12 bits per heavy atom. The van der Waals surface area contributed by atoms with Crippen LogP contribution in [-0.2, 0) is 10.0 Å². The molecule has 1 saturated heterocycles. The molecular formula is C23H30N4O6S. The molecule has 2 aromatic rings. The molecule has 34 heavy (non-hydrogen) atoms. The number of piperidine rings is 1. The molecule has 184 valence electrons. The molecule has 0 aliphatic carbocycles. The lowest BCUT2D eigenvalue weighted by Gasteiger charge is -2.26. The van der Waals surface area contributed by atoms with Gasteiger partial charge in [0, 0.05) is 31.3 Å². The van der Waals surface area contributed by atoms with Crippen LogP contribution in [0.25, 0.3) is 0 Å². The minimum Gasteiger partial charge on any atom is -0.489 e. The van der Waals surface area contributed by atoms with E-state index in [4.69, 9.17) is 4.74 Å². The first-order chi connectivity index (χ1) is 16.1. The number of sulfonamides is 1. The number of hydrogen-bond donors (Lipinski definition) is 2. The number of nitrogens with zero attached hydrogens (tertiary/aromatic N) is 2. The Balaban J connectivity index is 1.95. The molecule has 1 heterocycles. The number of nitrogens with one attached hydrogen (secondary N) is 2. The summed E-state index contributed by atoms with van der Waals surface area (Å²) in [6.45, 7) is 6.83. The monoisotopic (exact) mass is 490 g/mol. The maximum absolute atomic E-state index is 13.1. The molecule has 11 heteroatoms. The van der Waals surface area contributed by atoms with Gasteiger partial charge in [0.15, 0.2) is 0 Å². The quantitative estimate of drug-likeness (QED) is 0.397. The number of amides is 1. The number of benzene rings is 2. The lowest BCUT2D eigenvalue weighted by atomic mass is 10.1. The Labute approximate surface area is 199 Å². The van der Waals surface area contributed by atoms with Crippen molar-refractivity contribution >= 4 is 33.0 Å². The highest BCUT2D eigenvalue weighted by molar-refractivity contribution is 7.89. The van der Waals surface area contributed by atoms with Crippen LogP contribution in [-0.4, -0.2) is 49.3 Å². The number of hydrogen-bond acceptors (Lipinski definition) is 7. The van der Waals surface area contributed by atoms with Crippen molar-refractivity contribution in [2.45, 2.75) is 51.0 Å². The van der Waals surface area contributed by atoms with Gasteiger partial charge in [0.1, 0.15) is 11.4 Å². The maximum Gasteiger partial charge on any atom is 0.293 e. The summed E-state index contributed by atoms with van der Waals surface area (Å²) in [6.07, 6.45) is 2.38. The van der Waals surface area contributed by atoms with E-state index in [-0.39, 0.29) is 27.9 Å². The Morgan fingerprint density at radius 3 is 2.44 bits per heavy atom. The summed E-state index contributed by atoms with van der Waals surface area (Å²) in [5, 5.41) is 17.0. The second-order valence-corrected chi connectivity index (χ2v) is 10.2. The van der Waals surface area contributed by atoms with E-state index < -0.39 is 20.9 Å². The lowest BCUT2D eigenvalue weighted by Crippen LogP contribution is -2.35. The average molecular weight is 491 g/mol. The number of rotatable bonds is 9. The molecule has 2 aromatic carbocycles. The predicted octanol–water partition coefficient (Wildman–Crippen LogP) is 4.24. The van der Waals surface area contributed by atoms with E-state index in [2.05, 4.69) is 10.6 Å². The Morgan fingerprint density at radius 2 is 1.82 bits per heavy atom. The van der Waals surface area contributed by atoms with Crippen LogP contribution in [0.3, 0.4) is 0 Å². The molecule has 0 unspecified atom stereocenters. The SMILES string of the molecule is CCNc1ccc(C(=O)Nc2cc(S(=O)(=O)N3CCCCC3)ccc2OC(C)C)cc1[N+](=O)[O-]. The molecule has 1 amide bonds. The topological polar surface area (TPSA) is 131 Å². The Kier molecular flexibility index (Phi) is 8.11. The van der Waals surface area contributed by atoms with Crippen LogP contribution in [0.1, 0.15) is 50.4 Å². The van der Waals surface area contributed by atoms with Crippen LogP contribution in [0.2, 0.25) is 0 Å². The van der Waals surface area contributed by atoms with Crippen molar-refractivity contribution in [2.75, 3.05) is 30.3 Å². The van der Waals surface area contributed by atoms with E-state index in [1.807, 2.05) is 20.8 Å². The third kappa shape index (κ3) is 5.84. The summed E-state index contributed by atoms with van der Waals surface area (Å²) in [5.41, 5.74) is 0.320. The lowest BCUT2D eigenvalue weighted by molar-refractivity contribution is -0.384. The van der Waals surface area contributed by atoms with Crippen molar-refractivity contribution < 1.29 is 22.9 Å². The van der Waals surface area contributed by atoms with Crippen molar-refractivity contribution in [3.05, 3.63) is 52.1 Å². The van der Waals surface area contributed by atoms with E-state index in [0.29, 0.717) is 31.1 Å². The molecule has 0 atom stereocenters. The van der Waals surface area contributed by atoms with Gasteiger partial charge in [-0.05, 0) is 63.9 Å². The highest BCUT2D eigenvalue weighted by atomic mass is 32.2. The largest absolute Gasteiger partial charge is 0.489 e. The minimum atomic E-state index is -3.73. The fourth-order valence-electron chi connectivity index (χ4n) is 3.74. The Hall–Kier alpha value is -3.18.